The molecule has 0 radical (unpaired) electrons. The zero-order valence-corrected chi connectivity index (χ0v) is 19.3. The van der Waals surface area contributed by atoms with Crippen molar-refractivity contribution in [2.24, 2.45) is 0 Å². The Kier molecular flexibility index (Phi) is 9.11. The second-order valence-electron chi connectivity index (χ2n) is 6.72. The summed E-state index contributed by atoms with van der Waals surface area (Å²) in [6.07, 6.45) is 0. The minimum atomic E-state index is -0.769. The van der Waals surface area contributed by atoms with Gasteiger partial charge in [0.15, 0.2) is 11.5 Å². The van der Waals surface area contributed by atoms with Crippen LogP contribution in [0.3, 0.4) is 0 Å². The molecule has 0 N–H and O–H groups in total. The molecule has 0 aliphatic rings. The van der Waals surface area contributed by atoms with Gasteiger partial charge >= 0.3 is 0 Å². The van der Waals surface area contributed by atoms with Gasteiger partial charge in [-0.2, -0.15) is 5.26 Å². The highest BCUT2D eigenvalue weighted by molar-refractivity contribution is 8.00. The van der Waals surface area contributed by atoms with Crippen molar-refractivity contribution in [1.82, 2.24) is 0 Å². The van der Waals surface area contributed by atoms with Crippen molar-refractivity contribution in [3.05, 3.63) is 89.5 Å². The fourth-order valence-corrected chi connectivity index (χ4v) is 4.05. The number of aryl methyl sites for hydroxylation is 1. The van der Waals surface area contributed by atoms with Crippen LogP contribution < -0.4 is 9.47 Å². The summed E-state index contributed by atoms with van der Waals surface area (Å²) in [7, 11) is 3.19. The molecule has 0 aliphatic heterocycles. The van der Waals surface area contributed by atoms with Gasteiger partial charge in [-0.05, 0) is 37.6 Å². The zero-order chi connectivity index (χ0) is 22.0. The Balaban J connectivity index is 0.000000335. The van der Waals surface area contributed by atoms with Crippen LogP contribution in [-0.2, 0) is 10.6 Å². The summed E-state index contributed by atoms with van der Waals surface area (Å²) in [5, 5.41) is 9.77. The molecule has 0 amide bonds. The predicted molar refractivity (Wildman–Crippen MR) is 126 cm³/mol. The quantitative estimate of drug-likeness (QED) is 0.307. The molecule has 1 atom stereocenters. The Morgan fingerprint density at radius 1 is 0.933 bits per heavy atom. The molecule has 0 aliphatic carbocycles. The first kappa shape index (κ1) is 23.7. The van der Waals surface area contributed by atoms with E-state index >= 15 is 0 Å². The lowest BCUT2D eigenvalue weighted by atomic mass is 10.00. The molecule has 3 nitrogen and oxygen atoms in total. The van der Waals surface area contributed by atoms with E-state index in [0.717, 1.165) is 10.5 Å². The molecule has 30 heavy (non-hydrogen) atoms. The molecule has 3 aromatic carbocycles. The van der Waals surface area contributed by atoms with Gasteiger partial charge in [0.1, 0.15) is 4.75 Å². The first-order valence-corrected chi connectivity index (χ1v) is 10.8. The minimum absolute atomic E-state index is 0.605. The summed E-state index contributed by atoms with van der Waals surface area (Å²) in [4.78, 5) is 1.04. The number of hydrogen-bond acceptors (Lipinski definition) is 4. The second kappa shape index (κ2) is 11.5. The van der Waals surface area contributed by atoms with E-state index in [0.29, 0.717) is 17.4 Å². The Hall–Kier alpha value is -2.61. The first-order valence-electron chi connectivity index (χ1n) is 9.45. The second-order valence-corrected chi connectivity index (χ2v) is 8.48. The summed E-state index contributed by atoms with van der Waals surface area (Å²) in [6.45, 7) is 3.94. The molecule has 0 saturated heterocycles. The minimum Gasteiger partial charge on any atom is -0.493 e. The Morgan fingerprint density at radius 2 is 1.60 bits per heavy atom. The number of hydrogen-bond donors (Lipinski definition) is 0. The third-order valence-corrected chi connectivity index (χ3v) is 6.01. The highest BCUT2D eigenvalue weighted by Gasteiger charge is 2.32. The highest BCUT2D eigenvalue weighted by atomic mass is 35.5. The molecule has 0 bridgehead atoms. The summed E-state index contributed by atoms with van der Waals surface area (Å²) in [5.74, 6) is 1.85. The van der Waals surface area contributed by atoms with Crippen molar-refractivity contribution in [3.63, 3.8) is 0 Å². The number of nitrogens with zero attached hydrogens (tertiary/aromatic N) is 1. The summed E-state index contributed by atoms with van der Waals surface area (Å²) in [5.41, 5.74) is 3.18. The molecule has 0 saturated carbocycles. The number of rotatable bonds is 6. The van der Waals surface area contributed by atoms with Gasteiger partial charge in [-0.25, -0.2) is 0 Å². The monoisotopic (exact) mass is 439 g/mol. The average Bonchev–Trinajstić information content (AvgIpc) is 2.80. The Bertz CT molecular complexity index is 971. The fraction of sp³-hybridized carbons (Fsp3) is 0.240. The van der Waals surface area contributed by atoms with Crippen molar-refractivity contribution < 1.29 is 9.47 Å². The third-order valence-electron chi connectivity index (χ3n) is 4.47. The summed E-state index contributed by atoms with van der Waals surface area (Å²) >= 11 is 7.03. The van der Waals surface area contributed by atoms with E-state index in [1.54, 1.807) is 14.2 Å². The number of halogens is 1. The van der Waals surface area contributed by atoms with E-state index in [1.165, 1.54) is 22.9 Å². The molecule has 3 rings (SSSR count). The Labute approximate surface area is 188 Å². The number of nitriles is 1. The van der Waals surface area contributed by atoms with Crippen molar-refractivity contribution in [2.45, 2.75) is 29.4 Å². The van der Waals surface area contributed by atoms with Crippen molar-refractivity contribution >= 4 is 23.4 Å². The van der Waals surface area contributed by atoms with Gasteiger partial charge in [-0.15, -0.1) is 11.6 Å². The number of benzene rings is 3. The predicted octanol–water partition coefficient (Wildman–Crippen LogP) is 6.97. The fourth-order valence-electron chi connectivity index (χ4n) is 2.81. The molecule has 3 aromatic rings. The highest BCUT2D eigenvalue weighted by Crippen LogP contribution is 2.47. The molecular weight excluding hydrogens is 414 g/mol. The smallest absolute Gasteiger partial charge is 0.166 e. The zero-order valence-electron chi connectivity index (χ0n) is 17.7. The van der Waals surface area contributed by atoms with Gasteiger partial charge in [0.05, 0.1) is 20.3 Å². The molecule has 1 unspecified atom stereocenters. The van der Waals surface area contributed by atoms with E-state index in [2.05, 4.69) is 6.07 Å². The lowest BCUT2D eigenvalue weighted by Crippen LogP contribution is -2.16. The van der Waals surface area contributed by atoms with Crippen LogP contribution in [0.25, 0.3) is 0 Å². The molecule has 0 fully saturated rings. The maximum absolute atomic E-state index is 9.77. The van der Waals surface area contributed by atoms with Gasteiger partial charge < -0.3 is 9.47 Å². The molecule has 0 heterocycles. The lowest BCUT2D eigenvalue weighted by molar-refractivity contribution is 0.350. The van der Waals surface area contributed by atoms with Gasteiger partial charge in [0, 0.05) is 16.3 Å². The maximum Gasteiger partial charge on any atom is 0.166 e. The van der Waals surface area contributed by atoms with Gasteiger partial charge in [0.2, 0.25) is 0 Å². The van der Waals surface area contributed by atoms with Crippen molar-refractivity contribution in [2.75, 3.05) is 14.2 Å². The van der Waals surface area contributed by atoms with Crippen LogP contribution in [0.4, 0.5) is 0 Å². The van der Waals surface area contributed by atoms with E-state index in [-0.39, 0.29) is 0 Å². The maximum atomic E-state index is 9.77. The summed E-state index contributed by atoms with van der Waals surface area (Å²) in [6, 6.07) is 26.1. The van der Waals surface area contributed by atoms with Crippen LogP contribution in [0.1, 0.15) is 23.6 Å². The van der Waals surface area contributed by atoms with Crippen LogP contribution in [0, 0.1) is 18.3 Å². The van der Waals surface area contributed by atoms with E-state index in [4.69, 9.17) is 21.1 Å². The van der Waals surface area contributed by atoms with Gasteiger partial charge in [-0.3, -0.25) is 0 Å². The first-order chi connectivity index (χ1) is 14.5. The topological polar surface area (TPSA) is 42.2 Å². The van der Waals surface area contributed by atoms with Crippen LogP contribution in [-0.4, -0.2) is 14.2 Å². The molecule has 0 spiro atoms. The average molecular weight is 440 g/mol. The normalized spacial score (nSPS) is 12.0. The van der Waals surface area contributed by atoms with E-state index < -0.39 is 4.75 Å². The van der Waals surface area contributed by atoms with E-state index in [1.807, 2.05) is 86.6 Å². The molecule has 156 valence electrons. The van der Waals surface area contributed by atoms with Gasteiger partial charge in [0.25, 0.3) is 0 Å². The Morgan fingerprint density at radius 3 is 2.10 bits per heavy atom. The van der Waals surface area contributed by atoms with E-state index in [9.17, 15) is 5.26 Å². The number of thioether (sulfide) groups is 1. The molecule has 5 heteroatoms. The largest absolute Gasteiger partial charge is 0.493 e. The lowest BCUT2D eigenvalue weighted by Gasteiger charge is -2.24. The number of methoxy groups -OCH3 is 2. The third kappa shape index (κ3) is 6.19. The number of para-hydroxylation sites is 1. The molecule has 0 aromatic heterocycles. The van der Waals surface area contributed by atoms with Crippen LogP contribution in [0.2, 0.25) is 0 Å². The van der Waals surface area contributed by atoms with Crippen LogP contribution in [0.5, 0.6) is 11.5 Å². The summed E-state index contributed by atoms with van der Waals surface area (Å²) < 4.78 is 10.1. The number of ether oxygens (including phenoxy) is 2. The standard InChI is InChI=1S/C18H19NO2S.C7H7Cl/c1-13-8-10-14(11-9-13)22-18(2,12-19)15-6-5-7-16(20-3)17(15)21-4;8-6-7-4-2-1-3-5-7/h5-11H,1-4H3;1-5H,6H2. The van der Waals surface area contributed by atoms with Crippen LogP contribution in [0.15, 0.2) is 77.7 Å². The number of alkyl halides is 1. The van der Waals surface area contributed by atoms with Crippen molar-refractivity contribution in [3.8, 4) is 17.6 Å². The molecular formula is C25H26ClNO2S. The van der Waals surface area contributed by atoms with Crippen LogP contribution >= 0.6 is 23.4 Å². The van der Waals surface area contributed by atoms with Crippen molar-refractivity contribution in [1.29, 1.82) is 5.26 Å². The SMILES string of the molecule is COc1cccc(C(C)(C#N)Sc2ccc(C)cc2)c1OC.ClCc1ccccc1. The van der Waals surface area contributed by atoms with Gasteiger partial charge in [-0.1, -0.05) is 71.9 Å².